The normalized spacial score (nSPS) is 21.8. The summed E-state index contributed by atoms with van der Waals surface area (Å²) in [5, 5.41) is 2.84. The summed E-state index contributed by atoms with van der Waals surface area (Å²) < 4.78 is 27.6. The first-order valence-electron chi connectivity index (χ1n) is 12.7. The van der Waals surface area contributed by atoms with Crippen molar-refractivity contribution in [1.29, 1.82) is 0 Å². The Labute approximate surface area is 211 Å². The summed E-state index contributed by atoms with van der Waals surface area (Å²) in [4.78, 5) is 6.85. The van der Waals surface area contributed by atoms with E-state index in [1.807, 2.05) is 6.20 Å². The van der Waals surface area contributed by atoms with Crippen LogP contribution in [0.4, 0.5) is 8.78 Å². The molecule has 2 atom stereocenters. The zero-order chi connectivity index (χ0) is 25.3. The predicted octanol–water partition coefficient (Wildman–Crippen LogP) is 6.29. The number of nitrogens with zero attached hydrogens (tertiary/aromatic N) is 3. The molecular formula is C27H39F2N5S. The number of hydrogen-bond acceptors (Lipinski definition) is 6. The maximum absolute atomic E-state index is 13.3. The predicted molar refractivity (Wildman–Crippen MR) is 141 cm³/mol. The molecule has 192 valence electrons. The highest BCUT2D eigenvalue weighted by atomic mass is 32.1. The first-order valence-corrected chi connectivity index (χ1v) is 13.5. The summed E-state index contributed by atoms with van der Waals surface area (Å²) in [5.41, 5.74) is 9.20. The van der Waals surface area contributed by atoms with Gasteiger partial charge in [0.15, 0.2) is 0 Å². The lowest BCUT2D eigenvalue weighted by Gasteiger charge is -2.27. The summed E-state index contributed by atoms with van der Waals surface area (Å²) in [6, 6.07) is 5.42. The molecule has 3 fully saturated rings. The number of hydrazine groups is 1. The fourth-order valence-corrected chi connectivity index (χ4v) is 5.61. The minimum Gasteiger partial charge on any atom is -0.401 e. The molecule has 4 N–H and O–H groups in total. The van der Waals surface area contributed by atoms with Crippen molar-refractivity contribution in [3.8, 4) is 0 Å². The van der Waals surface area contributed by atoms with E-state index in [0.717, 1.165) is 35.3 Å². The number of nitrogens with two attached hydrogens (primary N) is 2. The van der Waals surface area contributed by atoms with Crippen molar-refractivity contribution in [2.45, 2.75) is 77.3 Å². The van der Waals surface area contributed by atoms with Gasteiger partial charge in [0, 0.05) is 30.3 Å². The van der Waals surface area contributed by atoms with Crippen LogP contribution in [-0.4, -0.2) is 34.5 Å². The van der Waals surface area contributed by atoms with E-state index in [4.69, 9.17) is 11.6 Å². The van der Waals surface area contributed by atoms with E-state index in [1.54, 1.807) is 22.4 Å². The molecule has 0 bridgehead atoms. The first-order chi connectivity index (χ1) is 16.5. The molecule has 2 saturated carbocycles. The zero-order valence-corrected chi connectivity index (χ0v) is 22.1. The van der Waals surface area contributed by atoms with E-state index in [1.165, 1.54) is 49.8 Å². The Morgan fingerprint density at radius 3 is 2.51 bits per heavy atom. The molecule has 1 saturated heterocycles. The lowest BCUT2D eigenvalue weighted by atomic mass is 10.0. The van der Waals surface area contributed by atoms with Crippen molar-refractivity contribution < 1.29 is 8.78 Å². The summed E-state index contributed by atoms with van der Waals surface area (Å²) in [6.07, 6.45) is 11.5. The minimum absolute atomic E-state index is 0.0385. The summed E-state index contributed by atoms with van der Waals surface area (Å²) in [7, 11) is 2.09. The Balaban J connectivity index is 0.000000168. The summed E-state index contributed by atoms with van der Waals surface area (Å²) in [6.45, 7) is 6.40. The van der Waals surface area contributed by atoms with Gasteiger partial charge >= 0.3 is 0 Å². The van der Waals surface area contributed by atoms with Gasteiger partial charge in [-0.05, 0) is 70.2 Å². The summed E-state index contributed by atoms with van der Waals surface area (Å²) >= 11 is 1.62. The molecular weight excluding hydrogens is 464 g/mol. The van der Waals surface area contributed by atoms with Crippen LogP contribution >= 0.6 is 11.3 Å². The Kier molecular flexibility index (Phi) is 7.83. The zero-order valence-electron chi connectivity index (χ0n) is 21.3. The number of halogens is 2. The minimum atomic E-state index is -2.80. The van der Waals surface area contributed by atoms with Gasteiger partial charge in [0.05, 0.1) is 22.3 Å². The fourth-order valence-electron chi connectivity index (χ4n) is 4.47. The van der Waals surface area contributed by atoms with Gasteiger partial charge in [0.25, 0.3) is 5.92 Å². The first kappa shape index (κ1) is 26.0. The standard InChI is InChI=1S/C14H16F2N2S.C13H23N3/c1-14(15,16)9-5-6-12-10(8-9)17-13(19-12)11-4-3-7-18(11)2;1-9(2)13(7-10-3-4-10)16(15)8-12(14)11-5-6-11/h5-6,8,11H,3-4,7H2,1-2H3;7-9,11,13H,3-6,14-15H2,1-2H3/b;12-8-. The van der Waals surface area contributed by atoms with Crippen LogP contribution in [0.5, 0.6) is 0 Å². The molecule has 0 spiro atoms. The number of rotatable bonds is 7. The highest BCUT2D eigenvalue weighted by Gasteiger charge is 2.28. The fraction of sp³-hybridized carbons (Fsp3) is 0.593. The quantitative estimate of drug-likeness (QED) is 0.264. The second-order valence-electron chi connectivity index (χ2n) is 10.7. The molecule has 2 unspecified atom stereocenters. The topological polar surface area (TPSA) is 71.4 Å². The van der Waals surface area contributed by atoms with E-state index in [9.17, 15) is 8.78 Å². The third-order valence-electron chi connectivity index (χ3n) is 7.04. The molecule has 35 heavy (non-hydrogen) atoms. The van der Waals surface area contributed by atoms with Gasteiger partial charge in [-0.2, -0.15) is 0 Å². The van der Waals surface area contributed by atoms with Crippen LogP contribution in [0.3, 0.4) is 0 Å². The second-order valence-corrected chi connectivity index (χ2v) is 11.7. The molecule has 0 amide bonds. The Morgan fingerprint density at radius 1 is 1.26 bits per heavy atom. The van der Waals surface area contributed by atoms with Gasteiger partial charge in [-0.1, -0.05) is 31.6 Å². The van der Waals surface area contributed by atoms with Crippen molar-refractivity contribution in [2.24, 2.45) is 23.4 Å². The Morgan fingerprint density at radius 2 is 1.97 bits per heavy atom. The van der Waals surface area contributed by atoms with Crippen molar-refractivity contribution >= 4 is 21.6 Å². The third-order valence-corrected chi connectivity index (χ3v) is 8.17. The number of hydrogen-bond donors (Lipinski definition) is 2. The van der Waals surface area contributed by atoms with E-state index in [-0.39, 0.29) is 11.6 Å². The number of likely N-dealkylation sites (tertiary alicyclic amines) is 1. The van der Waals surface area contributed by atoms with Crippen LogP contribution in [0.25, 0.3) is 10.2 Å². The number of thiazole rings is 1. The largest absolute Gasteiger partial charge is 0.401 e. The maximum atomic E-state index is 13.3. The lowest BCUT2D eigenvalue weighted by Crippen LogP contribution is -2.39. The van der Waals surface area contributed by atoms with Gasteiger partial charge in [-0.3, -0.25) is 4.90 Å². The maximum Gasteiger partial charge on any atom is 0.270 e. The van der Waals surface area contributed by atoms with Crippen LogP contribution in [-0.2, 0) is 5.92 Å². The van der Waals surface area contributed by atoms with Crippen LogP contribution in [0.15, 0.2) is 41.7 Å². The van der Waals surface area contributed by atoms with Crippen LogP contribution in [0.1, 0.15) is 75.9 Å². The van der Waals surface area contributed by atoms with Gasteiger partial charge in [-0.25, -0.2) is 19.6 Å². The monoisotopic (exact) mass is 503 g/mol. The van der Waals surface area contributed by atoms with E-state index >= 15 is 0 Å². The van der Waals surface area contributed by atoms with Crippen LogP contribution in [0, 0.1) is 11.8 Å². The van der Waals surface area contributed by atoms with E-state index in [2.05, 4.69) is 36.9 Å². The molecule has 1 aromatic heterocycles. The van der Waals surface area contributed by atoms with Crippen molar-refractivity contribution in [1.82, 2.24) is 14.9 Å². The van der Waals surface area contributed by atoms with Crippen LogP contribution in [0.2, 0.25) is 0 Å². The number of aromatic nitrogens is 1. The van der Waals surface area contributed by atoms with Crippen LogP contribution < -0.4 is 11.6 Å². The molecule has 2 aliphatic carbocycles. The Hall–Kier alpha value is -2.03. The lowest BCUT2D eigenvalue weighted by molar-refractivity contribution is 0.0176. The number of benzene rings is 1. The number of fused-ring (bicyclic) bond motifs is 1. The molecule has 5 rings (SSSR count). The average Bonchev–Trinajstić information content (AvgIpc) is 3.70. The second kappa shape index (κ2) is 10.5. The molecule has 5 nitrogen and oxygen atoms in total. The highest BCUT2D eigenvalue weighted by Crippen LogP contribution is 2.37. The smallest absolute Gasteiger partial charge is 0.270 e. The van der Waals surface area contributed by atoms with Crippen molar-refractivity contribution in [3.63, 3.8) is 0 Å². The van der Waals surface area contributed by atoms with E-state index < -0.39 is 5.92 Å². The molecule has 1 aliphatic heterocycles. The number of allylic oxidation sites excluding steroid dienone is 2. The molecule has 3 aliphatic rings. The van der Waals surface area contributed by atoms with Crippen molar-refractivity contribution in [2.75, 3.05) is 13.6 Å². The molecule has 0 radical (unpaired) electrons. The van der Waals surface area contributed by atoms with Gasteiger partial charge < -0.3 is 10.7 Å². The molecule has 8 heteroatoms. The molecule has 2 aromatic rings. The average molecular weight is 504 g/mol. The van der Waals surface area contributed by atoms with Gasteiger partial charge in [0.1, 0.15) is 5.01 Å². The SMILES string of the molecule is CC(C)C(C=C1CC1)N(N)/C=C(\N)C1CC1.CN1CCCC1c1nc2cc(C(C)(F)F)ccc2s1. The Bertz CT molecular complexity index is 1080. The van der Waals surface area contributed by atoms with Gasteiger partial charge in [-0.15, -0.1) is 11.3 Å². The van der Waals surface area contributed by atoms with Crippen molar-refractivity contribution in [3.05, 3.63) is 52.3 Å². The van der Waals surface area contributed by atoms with Gasteiger partial charge in [0.2, 0.25) is 0 Å². The number of alkyl halides is 2. The van der Waals surface area contributed by atoms with E-state index in [0.29, 0.717) is 23.4 Å². The molecule has 1 aromatic carbocycles. The third kappa shape index (κ3) is 6.80. The highest BCUT2D eigenvalue weighted by molar-refractivity contribution is 7.18. The molecule has 2 heterocycles. The summed E-state index contributed by atoms with van der Waals surface area (Å²) in [5.74, 6) is 4.40.